The van der Waals surface area contributed by atoms with Crippen molar-refractivity contribution in [3.8, 4) is 0 Å². The van der Waals surface area contributed by atoms with E-state index in [9.17, 15) is 0 Å². The molecule has 2 fully saturated rings. The van der Waals surface area contributed by atoms with Gasteiger partial charge in [0, 0.05) is 32.2 Å². The molecule has 0 aromatic rings. The highest BCUT2D eigenvalue weighted by atomic mass is 15.2. The highest BCUT2D eigenvalue weighted by Gasteiger charge is 2.35. The van der Waals surface area contributed by atoms with E-state index < -0.39 is 0 Å². The van der Waals surface area contributed by atoms with E-state index in [1.54, 1.807) is 0 Å². The molecule has 2 nitrogen and oxygen atoms in total. The van der Waals surface area contributed by atoms with Crippen molar-refractivity contribution >= 4 is 0 Å². The van der Waals surface area contributed by atoms with Crippen molar-refractivity contribution in [3.05, 3.63) is 0 Å². The Hall–Kier alpha value is -0.0800. The van der Waals surface area contributed by atoms with Crippen molar-refractivity contribution in [1.82, 2.24) is 10.2 Å². The van der Waals surface area contributed by atoms with Crippen LogP contribution in [0.5, 0.6) is 0 Å². The second-order valence-corrected chi connectivity index (χ2v) is 6.56. The van der Waals surface area contributed by atoms with Crippen LogP contribution in [0.1, 0.15) is 58.8 Å². The van der Waals surface area contributed by atoms with Gasteiger partial charge in [0.1, 0.15) is 0 Å². The van der Waals surface area contributed by atoms with Crippen LogP contribution in [0.3, 0.4) is 0 Å². The summed E-state index contributed by atoms with van der Waals surface area (Å²) in [4.78, 5) is 2.69. The molecule has 1 aliphatic heterocycles. The molecule has 106 valence electrons. The van der Waals surface area contributed by atoms with Gasteiger partial charge in [0.25, 0.3) is 0 Å². The number of hydrogen-bond donors (Lipinski definition) is 1. The third-order valence-electron chi connectivity index (χ3n) is 4.96. The Morgan fingerprint density at radius 1 is 1.17 bits per heavy atom. The lowest BCUT2D eigenvalue weighted by molar-refractivity contribution is 0.302. The fourth-order valence-corrected chi connectivity index (χ4v) is 3.79. The largest absolute Gasteiger partial charge is 0.313 e. The van der Waals surface area contributed by atoms with Crippen molar-refractivity contribution in [1.29, 1.82) is 0 Å². The molecule has 0 aromatic heterocycles. The SMILES string of the molecule is CCCCCC(C)NCCN1CC2CCCC2C1. The van der Waals surface area contributed by atoms with Gasteiger partial charge in [-0.3, -0.25) is 0 Å². The predicted molar refractivity (Wildman–Crippen MR) is 78.9 cm³/mol. The molecular formula is C16H32N2. The van der Waals surface area contributed by atoms with E-state index in [-0.39, 0.29) is 0 Å². The highest BCUT2D eigenvalue weighted by molar-refractivity contribution is 4.88. The van der Waals surface area contributed by atoms with Gasteiger partial charge in [-0.2, -0.15) is 0 Å². The lowest BCUT2D eigenvalue weighted by Crippen LogP contribution is -2.35. The lowest BCUT2D eigenvalue weighted by Gasteiger charge is -2.19. The topological polar surface area (TPSA) is 15.3 Å². The zero-order valence-corrected chi connectivity index (χ0v) is 12.5. The zero-order chi connectivity index (χ0) is 12.8. The van der Waals surface area contributed by atoms with E-state index in [1.807, 2.05) is 0 Å². The smallest absolute Gasteiger partial charge is 0.0107 e. The van der Waals surface area contributed by atoms with Crippen LogP contribution in [0.25, 0.3) is 0 Å². The van der Waals surface area contributed by atoms with Crippen LogP contribution < -0.4 is 5.32 Å². The third-order valence-corrected chi connectivity index (χ3v) is 4.96. The van der Waals surface area contributed by atoms with Gasteiger partial charge in [0.2, 0.25) is 0 Å². The molecule has 2 heteroatoms. The normalized spacial score (nSPS) is 29.7. The zero-order valence-electron chi connectivity index (χ0n) is 12.5. The average molecular weight is 252 g/mol. The van der Waals surface area contributed by atoms with Gasteiger partial charge < -0.3 is 10.2 Å². The first-order valence-electron chi connectivity index (χ1n) is 8.25. The minimum absolute atomic E-state index is 0.707. The Kier molecular flexibility index (Phi) is 5.97. The summed E-state index contributed by atoms with van der Waals surface area (Å²) in [6, 6.07) is 0.707. The molecule has 1 saturated heterocycles. The maximum atomic E-state index is 3.69. The monoisotopic (exact) mass is 252 g/mol. The van der Waals surface area contributed by atoms with E-state index in [0.29, 0.717) is 6.04 Å². The van der Waals surface area contributed by atoms with Crippen molar-refractivity contribution in [2.45, 2.75) is 64.8 Å². The minimum Gasteiger partial charge on any atom is -0.313 e. The van der Waals surface area contributed by atoms with Crippen LogP contribution >= 0.6 is 0 Å². The second kappa shape index (κ2) is 7.49. The summed E-state index contributed by atoms with van der Waals surface area (Å²) in [5.41, 5.74) is 0. The maximum Gasteiger partial charge on any atom is 0.0107 e. The number of fused-ring (bicyclic) bond motifs is 1. The molecule has 1 N–H and O–H groups in total. The fourth-order valence-electron chi connectivity index (χ4n) is 3.79. The van der Waals surface area contributed by atoms with Crippen LogP contribution in [-0.4, -0.2) is 37.1 Å². The molecule has 1 heterocycles. The van der Waals surface area contributed by atoms with E-state index >= 15 is 0 Å². The highest BCUT2D eigenvalue weighted by Crippen LogP contribution is 2.37. The molecule has 0 spiro atoms. The van der Waals surface area contributed by atoms with E-state index in [1.165, 1.54) is 71.1 Å². The Morgan fingerprint density at radius 3 is 2.56 bits per heavy atom. The maximum absolute atomic E-state index is 3.69. The second-order valence-electron chi connectivity index (χ2n) is 6.56. The Morgan fingerprint density at radius 2 is 1.89 bits per heavy atom. The molecule has 1 aliphatic carbocycles. The first-order chi connectivity index (χ1) is 8.79. The van der Waals surface area contributed by atoms with Gasteiger partial charge in [-0.1, -0.05) is 32.6 Å². The van der Waals surface area contributed by atoms with Crippen molar-refractivity contribution < 1.29 is 0 Å². The average Bonchev–Trinajstić information content (AvgIpc) is 2.90. The number of nitrogens with zero attached hydrogens (tertiary/aromatic N) is 1. The summed E-state index contributed by atoms with van der Waals surface area (Å²) in [6.45, 7) is 9.85. The van der Waals surface area contributed by atoms with Gasteiger partial charge in [0.15, 0.2) is 0 Å². The summed E-state index contributed by atoms with van der Waals surface area (Å²) >= 11 is 0. The Balaban J connectivity index is 1.50. The molecule has 3 unspecified atom stereocenters. The van der Waals surface area contributed by atoms with Crippen molar-refractivity contribution in [2.24, 2.45) is 11.8 Å². The first kappa shape index (κ1) is 14.3. The van der Waals surface area contributed by atoms with Crippen LogP contribution in [0, 0.1) is 11.8 Å². The van der Waals surface area contributed by atoms with Gasteiger partial charge in [-0.15, -0.1) is 0 Å². The summed E-state index contributed by atoms with van der Waals surface area (Å²) < 4.78 is 0. The molecule has 18 heavy (non-hydrogen) atoms. The van der Waals surface area contributed by atoms with Crippen LogP contribution in [-0.2, 0) is 0 Å². The first-order valence-corrected chi connectivity index (χ1v) is 8.25. The van der Waals surface area contributed by atoms with Crippen LogP contribution in [0.2, 0.25) is 0 Å². The van der Waals surface area contributed by atoms with Crippen LogP contribution in [0.15, 0.2) is 0 Å². The number of unbranched alkanes of at least 4 members (excludes halogenated alkanes) is 2. The molecular weight excluding hydrogens is 220 g/mol. The van der Waals surface area contributed by atoms with Gasteiger partial charge in [-0.05, 0) is 38.0 Å². The van der Waals surface area contributed by atoms with E-state index in [4.69, 9.17) is 0 Å². The standard InChI is InChI=1S/C16H32N2/c1-3-4-5-7-14(2)17-10-11-18-12-15-8-6-9-16(15)13-18/h14-17H,3-13H2,1-2H3. The minimum atomic E-state index is 0.707. The predicted octanol–water partition coefficient (Wildman–Crippen LogP) is 3.28. The number of hydrogen-bond acceptors (Lipinski definition) is 2. The molecule has 0 bridgehead atoms. The molecule has 0 aromatic carbocycles. The van der Waals surface area contributed by atoms with Gasteiger partial charge in [0.05, 0.1) is 0 Å². The summed E-state index contributed by atoms with van der Waals surface area (Å²) in [6.07, 6.45) is 9.96. The van der Waals surface area contributed by atoms with Crippen molar-refractivity contribution in [3.63, 3.8) is 0 Å². The number of rotatable bonds is 8. The third kappa shape index (κ3) is 4.24. The molecule has 3 atom stereocenters. The lowest BCUT2D eigenvalue weighted by atomic mass is 10.0. The van der Waals surface area contributed by atoms with Gasteiger partial charge >= 0.3 is 0 Å². The molecule has 0 radical (unpaired) electrons. The molecule has 0 amide bonds. The van der Waals surface area contributed by atoms with Gasteiger partial charge in [-0.25, -0.2) is 0 Å². The summed E-state index contributed by atoms with van der Waals surface area (Å²) in [5, 5.41) is 3.69. The quantitative estimate of drug-likeness (QED) is 0.667. The van der Waals surface area contributed by atoms with Crippen LogP contribution in [0.4, 0.5) is 0 Å². The number of nitrogens with one attached hydrogen (secondary N) is 1. The molecule has 2 rings (SSSR count). The van der Waals surface area contributed by atoms with E-state index in [2.05, 4.69) is 24.1 Å². The Bertz CT molecular complexity index is 217. The molecule has 1 saturated carbocycles. The van der Waals surface area contributed by atoms with Crippen molar-refractivity contribution in [2.75, 3.05) is 26.2 Å². The van der Waals surface area contributed by atoms with E-state index in [0.717, 1.165) is 11.8 Å². The summed E-state index contributed by atoms with van der Waals surface area (Å²) in [7, 11) is 0. The molecule has 2 aliphatic rings. The summed E-state index contributed by atoms with van der Waals surface area (Å²) in [5.74, 6) is 2.10. The Labute approximate surface area is 114 Å². The fraction of sp³-hybridized carbons (Fsp3) is 1.00. The number of likely N-dealkylation sites (tertiary alicyclic amines) is 1.